The first-order chi connectivity index (χ1) is 13.3. The van der Waals surface area contributed by atoms with E-state index in [2.05, 4.69) is 30.2 Å². The van der Waals surface area contributed by atoms with Gasteiger partial charge < -0.3 is 9.47 Å². The number of rotatable bonds is 8. The highest BCUT2D eigenvalue weighted by Crippen LogP contribution is 2.21. The van der Waals surface area contributed by atoms with Gasteiger partial charge in [0.05, 0.1) is 13.7 Å². The lowest BCUT2D eigenvalue weighted by atomic mass is 10.6. The number of nitrogens with one attached hydrogen (secondary N) is 2. The molecule has 2 heterocycles. The highest BCUT2D eigenvalue weighted by molar-refractivity contribution is 7.99. The van der Waals surface area contributed by atoms with Crippen molar-refractivity contribution in [2.24, 2.45) is 0 Å². The molecule has 2 rings (SSSR count). The first-order valence-corrected chi connectivity index (χ1v) is 10.5. The maximum Gasteiger partial charge on any atom is 0.335 e. The number of aromatic nitrogens is 5. The first kappa shape index (κ1) is 21.6. The molecule has 14 heteroatoms. The second-order valence-corrected chi connectivity index (χ2v) is 7.81. The lowest BCUT2D eigenvalue weighted by molar-refractivity contribution is 0.256. The summed E-state index contributed by atoms with van der Waals surface area (Å²) in [6, 6.07) is 0.402. The van der Waals surface area contributed by atoms with E-state index >= 15 is 0 Å². The molecule has 0 atom stereocenters. The Balaban J connectivity index is 2.22. The molecule has 0 aromatic carbocycles. The summed E-state index contributed by atoms with van der Waals surface area (Å²) in [7, 11) is -3.02. The first-order valence-electron chi connectivity index (χ1n) is 8.02. The second-order valence-electron chi connectivity index (χ2n) is 4.95. The summed E-state index contributed by atoms with van der Waals surface area (Å²) >= 11 is 1.31. The molecule has 12 nitrogen and oxygen atoms in total. The topological polar surface area (TPSA) is 158 Å². The van der Waals surface area contributed by atoms with Gasteiger partial charge in [-0.2, -0.15) is 28.4 Å². The van der Waals surface area contributed by atoms with E-state index in [0.29, 0.717) is 17.4 Å². The molecule has 2 amide bonds. The van der Waals surface area contributed by atoms with Crippen LogP contribution in [0.3, 0.4) is 0 Å². The van der Waals surface area contributed by atoms with Crippen LogP contribution in [-0.4, -0.2) is 58.8 Å². The van der Waals surface area contributed by atoms with Gasteiger partial charge >= 0.3 is 22.1 Å². The number of anilines is 1. The summed E-state index contributed by atoms with van der Waals surface area (Å²) in [4.78, 5) is 31.4. The summed E-state index contributed by atoms with van der Waals surface area (Å²) in [6.45, 7) is 5.48. The molecule has 0 saturated carbocycles. The zero-order valence-electron chi connectivity index (χ0n) is 15.6. The summed E-state index contributed by atoms with van der Waals surface area (Å²) in [5.41, 5.74) is 0. The summed E-state index contributed by atoms with van der Waals surface area (Å²) in [6.07, 6.45) is 0. The monoisotopic (exact) mass is 429 g/mol. The highest BCUT2D eigenvalue weighted by atomic mass is 32.2. The Morgan fingerprint density at radius 3 is 2.57 bits per heavy atom. The van der Waals surface area contributed by atoms with Gasteiger partial charge in [-0.05, 0) is 19.6 Å². The van der Waals surface area contributed by atoms with Crippen LogP contribution < -0.4 is 19.5 Å². The Labute approximate surface area is 166 Å². The van der Waals surface area contributed by atoms with Gasteiger partial charge in [0.15, 0.2) is 0 Å². The maximum atomic E-state index is 12.5. The predicted octanol–water partition coefficient (Wildman–Crippen LogP) is 1.000. The Kier molecular flexibility index (Phi) is 7.28. The zero-order chi connectivity index (χ0) is 20.7. The molecule has 0 fully saturated rings. The van der Waals surface area contributed by atoms with Crippen LogP contribution in [0.2, 0.25) is 0 Å². The minimum Gasteiger partial charge on any atom is -0.478 e. The van der Waals surface area contributed by atoms with Gasteiger partial charge in [-0.1, -0.05) is 6.92 Å². The highest BCUT2D eigenvalue weighted by Gasteiger charge is 2.24. The fraction of sp³-hybridized carbons (Fsp3) is 0.429. The van der Waals surface area contributed by atoms with Gasteiger partial charge in [0, 0.05) is 6.07 Å². The predicted molar refractivity (Wildman–Crippen MR) is 100 cm³/mol. The van der Waals surface area contributed by atoms with Crippen LogP contribution in [0.4, 0.5) is 10.7 Å². The lowest BCUT2D eigenvalue weighted by Gasteiger charge is -2.10. The van der Waals surface area contributed by atoms with Crippen molar-refractivity contribution in [1.29, 1.82) is 0 Å². The van der Waals surface area contributed by atoms with Crippen molar-refractivity contribution in [3.8, 4) is 11.9 Å². The van der Waals surface area contributed by atoms with Gasteiger partial charge in [0.25, 0.3) is 5.16 Å². The third kappa shape index (κ3) is 5.88. The van der Waals surface area contributed by atoms with Crippen LogP contribution in [-0.2, 0) is 10.0 Å². The number of thioether (sulfide) groups is 1. The Hall–Kier alpha value is -2.74. The number of methoxy groups -OCH3 is 1. The number of nitrogens with zero attached hydrogens (tertiary/aromatic N) is 5. The van der Waals surface area contributed by atoms with Gasteiger partial charge in [0.1, 0.15) is 10.9 Å². The van der Waals surface area contributed by atoms with Crippen LogP contribution in [0.15, 0.2) is 16.2 Å². The van der Waals surface area contributed by atoms with Crippen molar-refractivity contribution in [2.45, 2.75) is 31.0 Å². The Bertz CT molecular complexity index is 931. The summed E-state index contributed by atoms with van der Waals surface area (Å²) < 4.78 is 36.9. The average Bonchev–Trinajstić information content (AvgIpc) is 2.61. The number of sulfonamides is 1. The molecule has 0 aliphatic carbocycles. The second kappa shape index (κ2) is 9.45. The quantitative estimate of drug-likeness (QED) is 0.350. The fourth-order valence-corrected chi connectivity index (χ4v) is 3.35. The van der Waals surface area contributed by atoms with Crippen LogP contribution in [0, 0.1) is 6.92 Å². The molecule has 0 bridgehead atoms. The molecule has 28 heavy (non-hydrogen) atoms. The molecular formula is C14H19N7O5S2. The third-order valence-corrected chi connectivity index (χ3v) is 4.76. The number of amides is 2. The number of urea groups is 1. The summed E-state index contributed by atoms with van der Waals surface area (Å²) in [5.74, 6) is 0.852. The number of ether oxygens (including phenoxy) is 2. The van der Waals surface area contributed by atoms with Crippen molar-refractivity contribution in [1.82, 2.24) is 29.6 Å². The average molecular weight is 429 g/mol. The molecular weight excluding hydrogens is 410 g/mol. The van der Waals surface area contributed by atoms with Gasteiger partial charge in [-0.3, -0.25) is 5.32 Å². The molecule has 152 valence electrons. The van der Waals surface area contributed by atoms with E-state index in [4.69, 9.17) is 9.47 Å². The van der Waals surface area contributed by atoms with Crippen LogP contribution >= 0.6 is 11.8 Å². The van der Waals surface area contributed by atoms with Crippen molar-refractivity contribution < 1.29 is 22.7 Å². The van der Waals surface area contributed by atoms with E-state index in [1.54, 1.807) is 13.8 Å². The van der Waals surface area contributed by atoms with E-state index in [1.807, 2.05) is 11.6 Å². The zero-order valence-corrected chi connectivity index (χ0v) is 17.2. The van der Waals surface area contributed by atoms with Gasteiger partial charge in [0.2, 0.25) is 11.8 Å². The van der Waals surface area contributed by atoms with E-state index in [0.717, 1.165) is 0 Å². The van der Waals surface area contributed by atoms with Crippen molar-refractivity contribution >= 4 is 33.8 Å². The molecule has 2 aromatic heterocycles. The van der Waals surface area contributed by atoms with Gasteiger partial charge in [-0.25, -0.2) is 14.5 Å². The number of hydrogen-bond acceptors (Lipinski definition) is 11. The normalized spacial score (nSPS) is 11.0. The van der Waals surface area contributed by atoms with Gasteiger partial charge in [-0.15, -0.1) is 11.8 Å². The van der Waals surface area contributed by atoms with E-state index in [1.165, 1.54) is 24.9 Å². The minimum atomic E-state index is -4.37. The molecule has 0 aliphatic heterocycles. The minimum absolute atomic E-state index is 0.0281. The third-order valence-electron chi connectivity index (χ3n) is 2.85. The number of hydrogen-bond donors (Lipinski definition) is 2. The maximum absolute atomic E-state index is 12.5. The smallest absolute Gasteiger partial charge is 0.335 e. The summed E-state index contributed by atoms with van der Waals surface area (Å²) in [5, 5.41) is 2.01. The van der Waals surface area contributed by atoms with Crippen molar-refractivity contribution in [2.75, 3.05) is 24.8 Å². The van der Waals surface area contributed by atoms with E-state index < -0.39 is 21.2 Å². The number of carbonyl (C=O) groups excluding carboxylic acids is 1. The molecule has 2 aromatic rings. The van der Waals surface area contributed by atoms with Crippen LogP contribution in [0.1, 0.15) is 19.7 Å². The van der Waals surface area contributed by atoms with Crippen molar-refractivity contribution in [3.05, 3.63) is 11.9 Å². The van der Waals surface area contributed by atoms with Crippen LogP contribution in [0.25, 0.3) is 0 Å². The van der Waals surface area contributed by atoms with E-state index in [9.17, 15) is 13.2 Å². The van der Waals surface area contributed by atoms with E-state index in [-0.39, 0.29) is 23.7 Å². The molecule has 0 saturated heterocycles. The Morgan fingerprint density at radius 1 is 1.18 bits per heavy atom. The van der Waals surface area contributed by atoms with Crippen molar-refractivity contribution in [3.63, 3.8) is 0 Å². The van der Waals surface area contributed by atoms with Crippen LogP contribution in [0.5, 0.6) is 11.9 Å². The number of carbonyl (C=O) groups is 1. The molecule has 0 radical (unpaired) electrons. The molecule has 0 aliphatic rings. The molecule has 0 spiro atoms. The lowest BCUT2D eigenvalue weighted by Crippen LogP contribution is -2.36. The largest absolute Gasteiger partial charge is 0.478 e. The Morgan fingerprint density at radius 2 is 1.93 bits per heavy atom. The number of aryl methyl sites for hydroxylation is 1. The molecule has 2 N–H and O–H groups in total. The fourth-order valence-electron chi connectivity index (χ4n) is 1.85. The SMILES string of the molecule is CCOc1cc(SCC)nc(S(=O)(=O)NC(=O)Nc2nc(C)nc(OC)n2)n1. The standard InChI is InChI=1S/C14H19N7O5S2/c1-5-26-9-7-10(27-6-2)18-14(17-9)28(23,24)21-12(22)19-11-15-8(3)16-13(20-11)25-4/h7H,5-6H2,1-4H3,(H2,15,16,19,20,21,22). The molecule has 0 unspecified atom stereocenters.